The molecule has 2 heterocycles. The lowest BCUT2D eigenvalue weighted by Gasteiger charge is -2.12. The van der Waals surface area contributed by atoms with Gasteiger partial charge in [0.05, 0.1) is 17.2 Å². The van der Waals surface area contributed by atoms with Crippen molar-refractivity contribution in [3.8, 4) is 10.4 Å². The van der Waals surface area contributed by atoms with Crippen LogP contribution in [0.25, 0.3) is 10.4 Å². The van der Waals surface area contributed by atoms with Gasteiger partial charge in [-0.25, -0.2) is 18.7 Å². The van der Waals surface area contributed by atoms with Crippen molar-refractivity contribution in [2.45, 2.75) is 32.5 Å². The number of amides is 1. The quantitative estimate of drug-likeness (QED) is 0.592. The topological polar surface area (TPSA) is 87.1 Å². The molecule has 0 aromatic carbocycles. The molecule has 154 valence electrons. The average molecular weight is 424 g/mol. The zero-order chi connectivity index (χ0) is 21.1. The first-order chi connectivity index (χ1) is 13.0. The molecular formula is C16H17F5N4O2S. The van der Waals surface area contributed by atoms with Crippen LogP contribution in [0.3, 0.4) is 0 Å². The highest BCUT2D eigenvalue weighted by atomic mass is 32.1. The number of carbonyl (C=O) groups is 1. The van der Waals surface area contributed by atoms with Gasteiger partial charge in [0.1, 0.15) is 12.4 Å². The van der Waals surface area contributed by atoms with Crippen LogP contribution < -0.4 is 10.6 Å². The minimum Gasteiger partial charge on any atom is -0.394 e. The summed E-state index contributed by atoms with van der Waals surface area (Å²) in [4.78, 5) is 20.2. The highest BCUT2D eigenvalue weighted by molar-refractivity contribution is 7.17. The molecule has 2 aromatic heterocycles. The Morgan fingerprint density at radius 1 is 1.36 bits per heavy atom. The molecule has 0 aliphatic rings. The van der Waals surface area contributed by atoms with Gasteiger partial charge in [-0.2, -0.15) is 13.2 Å². The fourth-order valence-electron chi connectivity index (χ4n) is 2.20. The van der Waals surface area contributed by atoms with Crippen LogP contribution in [0.15, 0.2) is 12.3 Å². The number of hydrogen-bond donors (Lipinski definition) is 3. The normalized spacial score (nSPS) is 12.9. The van der Waals surface area contributed by atoms with E-state index >= 15 is 0 Å². The molecule has 2 aromatic rings. The predicted octanol–water partition coefficient (Wildman–Crippen LogP) is 3.54. The summed E-state index contributed by atoms with van der Waals surface area (Å²) < 4.78 is 63.8. The van der Waals surface area contributed by atoms with Gasteiger partial charge in [-0.05, 0) is 19.9 Å². The first-order valence-corrected chi connectivity index (χ1v) is 8.81. The Balaban J connectivity index is 2.35. The van der Waals surface area contributed by atoms with Gasteiger partial charge < -0.3 is 15.7 Å². The number of aliphatic hydroxyl groups excluding tert-OH is 1. The van der Waals surface area contributed by atoms with Gasteiger partial charge in [-0.3, -0.25) is 4.79 Å². The van der Waals surface area contributed by atoms with Crippen molar-refractivity contribution >= 4 is 23.1 Å². The van der Waals surface area contributed by atoms with Crippen LogP contribution in [0.4, 0.5) is 27.8 Å². The average Bonchev–Trinajstić information content (AvgIpc) is 3.00. The second-order valence-electron chi connectivity index (χ2n) is 5.92. The number of pyridine rings is 1. The predicted molar refractivity (Wildman–Crippen MR) is 93.6 cm³/mol. The SMILES string of the molecule is Cc1nc(C(=O)NC(C)CO)sc1-c1cnc(NCC(F)(F)F)cc1C(F)F. The Labute approximate surface area is 160 Å². The Morgan fingerprint density at radius 3 is 2.61 bits per heavy atom. The fraction of sp³-hybridized carbons (Fsp3) is 0.438. The highest BCUT2D eigenvalue weighted by Crippen LogP contribution is 2.37. The maximum Gasteiger partial charge on any atom is 0.405 e. The summed E-state index contributed by atoms with van der Waals surface area (Å²) in [6.07, 6.45) is -6.47. The summed E-state index contributed by atoms with van der Waals surface area (Å²) in [7, 11) is 0. The molecule has 0 fully saturated rings. The smallest absolute Gasteiger partial charge is 0.394 e. The molecule has 0 saturated carbocycles. The van der Waals surface area contributed by atoms with Gasteiger partial charge >= 0.3 is 6.18 Å². The lowest BCUT2D eigenvalue weighted by molar-refractivity contribution is -0.115. The number of aromatic nitrogens is 2. The number of thiazole rings is 1. The van der Waals surface area contributed by atoms with Crippen LogP contribution in [-0.4, -0.2) is 46.4 Å². The Hall–Kier alpha value is -2.34. The van der Waals surface area contributed by atoms with Gasteiger partial charge in [-0.1, -0.05) is 0 Å². The minimum atomic E-state index is -4.52. The van der Waals surface area contributed by atoms with E-state index in [2.05, 4.69) is 15.3 Å². The molecule has 1 unspecified atom stereocenters. The minimum absolute atomic E-state index is 0.00675. The number of alkyl halides is 5. The van der Waals surface area contributed by atoms with Crippen molar-refractivity contribution in [1.29, 1.82) is 0 Å². The number of halogens is 5. The van der Waals surface area contributed by atoms with Crippen molar-refractivity contribution in [3.05, 3.63) is 28.5 Å². The standard InChI is InChI=1S/C16H17F5N4O2S/c1-7(5-26)24-14(27)15-25-8(2)12(28-15)10-4-22-11(3-9(10)13(17)18)23-6-16(19,20)21/h3-4,7,13,26H,5-6H2,1-2H3,(H,22,23)(H,24,27). The molecule has 1 atom stereocenters. The molecule has 28 heavy (non-hydrogen) atoms. The van der Waals surface area contributed by atoms with Crippen molar-refractivity contribution < 1.29 is 31.9 Å². The third-order valence-electron chi connectivity index (χ3n) is 3.53. The van der Waals surface area contributed by atoms with E-state index in [4.69, 9.17) is 5.11 Å². The Kier molecular flexibility index (Phi) is 6.88. The fourth-order valence-corrected chi connectivity index (χ4v) is 3.20. The lowest BCUT2D eigenvalue weighted by atomic mass is 10.1. The summed E-state index contributed by atoms with van der Waals surface area (Å²) in [5, 5.41) is 13.4. The molecule has 0 radical (unpaired) electrons. The molecule has 0 saturated heterocycles. The van der Waals surface area contributed by atoms with Gasteiger partial charge in [0.25, 0.3) is 12.3 Å². The van der Waals surface area contributed by atoms with Crippen molar-refractivity contribution in [2.75, 3.05) is 18.5 Å². The van der Waals surface area contributed by atoms with E-state index in [1.165, 1.54) is 6.92 Å². The zero-order valence-electron chi connectivity index (χ0n) is 14.8. The van der Waals surface area contributed by atoms with Crippen molar-refractivity contribution in [2.24, 2.45) is 0 Å². The van der Waals surface area contributed by atoms with Gasteiger partial charge in [0.2, 0.25) is 0 Å². The third-order valence-corrected chi connectivity index (χ3v) is 4.72. The molecule has 1 amide bonds. The molecule has 12 heteroatoms. The van der Waals surface area contributed by atoms with Gasteiger partial charge in [0.15, 0.2) is 5.01 Å². The highest BCUT2D eigenvalue weighted by Gasteiger charge is 2.27. The van der Waals surface area contributed by atoms with Crippen molar-refractivity contribution in [3.63, 3.8) is 0 Å². The van der Waals surface area contributed by atoms with Crippen LogP contribution >= 0.6 is 11.3 Å². The number of nitrogens with zero attached hydrogens (tertiary/aromatic N) is 2. The number of aliphatic hydroxyl groups is 1. The summed E-state index contributed by atoms with van der Waals surface area (Å²) in [6.45, 7) is 1.40. The van der Waals surface area contributed by atoms with E-state index in [0.29, 0.717) is 5.69 Å². The first-order valence-electron chi connectivity index (χ1n) is 8.00. The second-order valence-corrected chi connectivity index (χ2v) is 6.92. The van der Waals surface area contributed by atoms with Crippen LogP contribution in [0.5, 0.6) is 0 Å². The number of aryl methyl sites for hydroxylation is 1. The summed E-state index contributed by atoms with van der Waals surface area (Å²) in [6, 6.07) is 0.329. The van der Waals surface area contributed by atoms with Crippen LogP contribution in [0, 0.1) is 6.92 Å². The molecular weight excluding hydrogens is 407 g/mol. The van der Waals surface area contributed by atoms with E-state index < -0.39 is 36.7 Å². The van der Waals surface area contributed by atoms with Crippen LogP contribution in [0.2, 0.25) is 0 Å². The molecule has 0 aliphatic heterocycles. The van der Waals surface area contributed by atoms with Crippen LogP contribution in [-0.2, 0) is 0 Å². The van der Waals surface area contributed by atoms with Crippen molar-refractivity contribution in [1.82, 2.24) is 15.3 Å². The van der Waals surface area contributed by atoms with E-state index in [1.54, 1.807) is 6.92 Å². The number of anilines is 1. The molecule has 3 N–H and O–H groups in total. The molecule has 0 aliphatic carbocycles. The number of nitrogens with one attached hydrogen (secondary N) is 2. The zero-order valence-corrected chi connectivity index (χ0v) is 15.6. The Morgan fingerprint density at radius 2 is 2.04 bits per heavy atom. The second kappa shape index (κ2) is 8.78. The Bertz CT molecular complexity index is 841. The first kappa shape index (κ1) is 22.0. The number of rotatable bonds is 7. The monoisotopic (exact) mass is 424 g/mol. The molecule has 0 bridgehead atoms. The maximum atomic E-state index is 13.5. The molecule has 6 nitrogen and oxygen atoms in total. The lowest BCUT2D eigenvalue weighted by Crippen LogP contribution is -2.34. The maximum absolute atomic E-state index is 13.5. The van der Waals surface area contributed by atoms with E-state index in [9.17, 15) is 26.7 Å². The number of carbonyl (C=O) groups excluding carboxylic acids is 1. The van der Waals surface area contributed by atoms with Crippen LogP contribution in [0.1, 0.15) is 34.4 Å². The number of hydrogen-bond acceptors (Lipinski definition) is 6. The summed E-state index contributed by atoms with van der Waals surface area (Å²) >= 11 is 0.850. The summed E-state index contributed by atoms with van der Waals surface area (Å²) in [5.74, 6) is -0.913. The van der Waals surface area contributed by atoms with E-state index in [-0.39, 0.29) is 27.9 Å². The summed E-state index contributed by atoms with van der Waals surface area (Å²) in [5.41, 5.74) is -0.245. The third kappa shape index (κ3) is 5.58. The largest absolute Gasteiger partial charge is 0.405 e. The van der Waals surface area contributed by atoms with Gasteiger partial charge in [0, 0.05) is 23.4 Å². The molecule has 2 rings (SSSR count). The van der Waals surface area contributed by atoms with Gasteiger partial charge in [-0.15, -0.1) is 11.3 Å². The van der Waals surface area contributed by atoms with E-state index in [0.717, 1.165) is 23.6 Å². The molecule has 0 spiro atoms. The van der Waals surface area contributed by atoms with E-state index in [1.807, 2.05) is 5.32 Å².